The molecule has 0 fully saturated rings. The van der Waals surface area contributed by atoms with Gasteiger partial charge in [-0.2, -0.15) is 0 Å². The number of carbonyl (C=O) groups excluding carboxylic acids is 1. The van der Waals surface area contributed by atoms with Gasteiger partial charge in [-0.25, -0.2) is 4.98 Å². The summed E-state index contributed by atoms with van der Waals surface area (Å²) in [5, 5.41) is 5.42. The fourth-order valence-electron chi connectivity index (χ4n) is 1.60. The molecule has 1 amide bonds. The number of hydrogen-bond acceptors (Lipinski definition) is 5. The van der Waals surface area contributed by atoms with Gasteiger partial charge in [-0.05, 0) is 32.4 Å². The fourth-order valence-corrected chi connectivity index (χ4v) is 3.35. The molecule has 0 spiro atoms. The SMILES string of the molecule is Cc1cc(CNC(=O)c2csc(C(C)N)n2)sc1C. The minimum atomic E-state index is -0.146. The molecule has 0 aromatic carbocycles. The van der Waals surface area contributed by atoms with Gasteiger partial charge >= 0.3 is 0 Å². The molecule has 0 saturated carbocycles. The van der Waals surface area contributed by atoms with Crippen LogP contribution in [0.5, 0.6) is 0 Å². The van der Waals surface area contributed by atoms with Crippen LogP contribution in [0.1, 0.15) is 43.8 Å². The van der Waals surface area contributed by atoms with E-state index in [1.807, 2.05) is 6.92 Å². The van der Waals surface area contributed by atoms with Crippen molar-refractivity contribution in [2.75, 3.05) is 0 Å². The zero-order valence-corrected chi connectivity index (χ0v) is 12.8. The predicted molar refractivity (Wildman–Crippen MR) is 79.7 cm³/mol. The molecule has 2 aromatic rings. The fraction of sp³-hybridized carbons (Fsp3) is 0.385. The molecule has 3 N–H and O–H groups in total. The van der Waals surface area contributed by atoms with E-state index in [1.54, 1.807) is 16.7 Å². The van der Waals surface area contributed by atoms with Crippen molar-refractivity contribution in [2.24, 2.45) is 5.73 Å². The first-order valence-electron chi connectivity index (χ1n) is 6.02. The van der Waals surface area contributed by atoms with Crippen LogP contribution in [0.4, 0.5) is 0 Å². The highest BCUT2D eigenvalue weighted by Crippen LogP contribution is 2.20. The third-order valence-corrected chi connectivity index (χ3v) is 4.98. The maximum atomic E-state index is 11.9. The lowest BCUT2D eigenvalue weighted by Crippen LogP contribution is -2.22. The number of rotatable bonds is 4. The van der Waals surface area contributed by atoms with Gasteiger partial charge in [-0.15, -0.1) is 22.7 Å². The molecule has 0 aliphatic carbocycles. The molecule has 102 valence electrons. The monoisotopic (exact) mass is 295 g/mol. The van der Waals surface area contributed by atoms with E-state index in [9.17, 15) is 4.79 Å². The number of hydrogen-bond donors (Lipinski definition) is 2. The van der Waals surface area contributed by atoms with Crippen LogP contribution in [0.3, 0.4) is 0 Å². The lowest BCUT2D eigenvalue weighted by molar-refractivity contribution is 0.0947. The quantitative estimate of drug-likeness (QED) is 0.911. The van der Waals surface area contributed by atoms with Crippen LogP contribution in [0, 0.1) is 13.8 Å². The van der Waals surface area contributed by atoms with E-state index in [4.69, 9.17) is 5.73 Å². The zero-order valence-electron chi connectivity index (χ0n) is 11.2. The maximum Gasteiger partial charge on any atom is 0.271 e. The maximum absolute atomic E-state index is 11.9. The number of nitrogens with zero attached hydrogens (tertiary/aromatic N) is 1. The molecule has 0 aliphatic rings. The molecular formula is C13H17N3OS2. The number of nitrogens with two attached hydrogens (primary N) is 1. The van der Waals surface area contributed by atoms with Gasteiger partial charge in [0.15, 0.2) is 0 Å². The van der Waals surface area contributed by atoms with Crippen LogP contribution >= 0.6 is 22.7 Å². The van der Waals surface area contributed by atoms with E-state index in [2.05, 4.69) is 30.2 Å². The highest BCUT2D eigenvalue weighted by atomic mass is 32.1. The van der Waals surface area contributed by atoms with Crippen molar-refractivity contribution in [3.05, 3.63) is 37.5 Å². The van der Waals surface area contributed by atoms with Crippen LogP contribution in [0.25, 0.3) is 0 Å². The Bertz CT molecular complexity index is 567. The van der Waals surface area contributed by atoms with Gasteiger partial charge in [0, 0.05) is 15.1 Å². The Morgan fingerprint density at radius 3 is 2.79 bits per heavy atom. The van der Waals surface area contributed by atoms with Crippen molar-refractivity contribution in [2.45, 2.75) is 33.4 Å². The Hall–Kier alpha value is -1.24. The van der Waals surface area contributed by atoms with E-state index in [0.717, 1.165) is 9.88 Å². The molecule has 4 nitrogen and oxygen atoms in total. The first-order valence-corrected chi connectivity index (χ1v) is 7.72. The van der Waals surface area contributed by atoms with Crippen molar-refractivity contribution in [3.8, 4) is 0 Å². The Morgan fingerprint density at radius 1 is 1.53 bits per heavy atom. The minimum Gasteiger partial charge on any atom is -0.346 e. The first kappa shape index (κ1) is 14.2. The molecule has 1 unspecified atom stereocenters. The molecule has 0 aliphatic heterocycles. The van der Waals surface area contributed by atoms with Crippen molar-refractivity contribution in [1.29, 1.82) is 0 Å². The lowest BCUT2D eigenvalue weighted by Gasteiger charge is -2.01. The van der Waals surface area contributed by atoms with Gasteiger partial charge in [0.25, 0.3) is 5.91 Å². The molecule has 0 bridgehead atoms. The van der Waals surface area contributed by atoms with Gasteiger partial charge in [0.2, 0.25) is 0 Å². The van der Waals surface area contributed by atoms with E-state index < -0.39 is 0 Å². The third-order valence-electron chi connectivity index (χ3n) is 2.78. The zero-order chi connectivity index (χ0) is 14.0. The van der Waals surface area contributed by atoms with Crippen LogP contribution in [-0.2, 0) is 6.54 Å². The summed E-state index contributed by atoms with van der Waals surface area (Å²) in [6, 6.07) is 1.98. The van der Waals surface area contributed by atoms with Crippen LogP contribution < -0.4 is 11.1 Å². The molecule has 2 rings (SSSR count). The average molecular weight is 295 g/mol. The van der Waals surface area contributed by atoms with Gasteiger partial charge in [0.1, 0.15) is 10.7 Å². The standard InChI is InChI=1S/C13H17N3OS2/c1-7-4-10(19-9(7)3)5-15-12(17)11-6-18-13(16-11)8(2)14/h4,6,8H,5,14H2,1-3H3,(H,15,17). The molecule has 1 atom stereocenters. The Labute approximate surface area is 120 Å². The summed E-state index contributed by atoms with van der Waals surface area (Å²) in [6.45, 7) is 6.56. The topological polar surface area (TPSA) is 68.0 Å². The summed E-state index contributed by atoms with van der Waals surface area (Å²) < 4.78 is 0. The largest absolute Gasteiger partial charge is 0.346 e. The van der Waals surface area contributed by atoms with Gasteiger partial charge in [0.05, 0.1) is 12.6 Å². The smallest absolute Gasteiger partial charge is 0.271 e. The second-order valence-corrected chi connectivity index (χ2v) is 6.72. The molecule has 19 heavy (non-hydrogen) atoms. The van der Waals surface area contributed by atoms with E-state index in [1.165, 1.54) is 21.8 Å². The number of aryl methyl sites for hydroxylation is 2. The normalized spacial score (nSPS) is 12.4. The summed E-state index contributed by atoms with van der Waals surface area (Å²) in [5.74, 6) is -0.146. The van der Waals surface area contributed by atoms with Gasteiger partial charge in [-0.3, -0.25) is 4.79 Å². The lowest BCUT2D eigenvalue weighted by atomic mass is 10.3. The summed E-state index contributed by atoms with van der Waals surface area (Å²) in [7, 11) is 0. The van der Waals surface area contributed by atoms with E-state index in [0.29, 0.717) is 12.2 Å². The van der Waals surface area contributed by atoms with Gasteiger partial charge in [-0.1, -0.05) is 0 Å². The Morgan fingerprint density at radius 2 is 2.26 bits per heavy atom. The second kappa shape index (κ2) is 5.81. The second-order valence-electron chi connectivity index (χ2n) is 4.49. The van der Waals surface area contributed by atoms with E-state index in [-0.39, 0.29) is 11.9 Å². The van der Waals surface area contributed by atoms with Crippen LogP contribution in [0.15, 0.2) is 11.4 Å². The summed E-state index contributed by atoms with van der Waals surface area (Å²) >= 11 is 3.13. The van der Waals surface area contributed by atoms with Crippen molar-refractivity contribution in [1.82, 2.24) is 10.3 Å². The van der Waals surface area contributed by atoms with Crippen LogP contribution in [0.2, 0.25) is 0 Å². The molecule has 2 heterocycles. The van der Waals surface area contributed by atoms with Crippen molar-refractivity contribution >= 4 is 28.6 Å². The number of thiazole rings is 1. The molecule has 0 saturated heterocycles. The average Bonchev–Trinajstić information content (AvgIpc) is 2.95. The number of amides is 1. The third kappa shape index (κ3) is 3.40. The minimum absolute atomic E-state index is 0.130. The molecule has 0 radical (unpaired) electrons. The van der Waals surface area contributed by atoms with Crippen molar-refractivity contribution < 1.29 is 4.79 Å². The molecule has 6 heteroatoms. The molecular weight excluding hydrogens is 278 g/mol. The molecule has 2 aromatic heterocycles. The van der Waals surface area contributed by atoms with Crippen molar-refractivity contribution in [3.63, 3.8) is 0 Å². The highest BCUT2D eigenvalue weighted by Gasteiger charge is 2.12. The predicted octanol–water partition coefficient (Wildman–Crippen LogP) is 2.77. The highest BCUT2D eigenvalue weighted by molar-refractivity contribution is 7.12. The van der Waals surface area contributed by atoms with Crippen LogP contribution in [-0.4, -0.2) is 10.9 Å². The number of aromatic nitrogens is 1. The Kier molecular flexibility index (Phi) is 4.34. The van der Waals surface area contributed by atoms with Gasteiger partial charge < -0.3 is 11.1 Å². The summed E-state index contributed by atoms with van der Waals surface area (Å²) in [4.78, 5) is 18.6. The summed E-state index contributed by atoms with van der Waals surface area (Å²) in [6.07, 6.45) is 0. The van der Waals surface area contributed by atoms with E-state index >= 15 is 0 Å². The number of thiophene rings is 1. The number of carbonyl (C=O) groups is 1. The first-order chi connectivity index (χ1) is 8.97. The number of nitrogens with one attached hydrogen (secondary N) is 1. The Balaban J connectivity index is 1.97. The summed E-state index contributed by atoms with van der Waals surface area (Å²) in [5.41, 5.74) is 7.44.